The van der Waals surface area contributed by atoms with E-state index in [1.807, 2.05) is 30.3 Å². The molecule has 1 saturated heterocycles. The molecule has 0 aliphatic carbocycles. The Labute approximate surface area is 161 Å². The Hall–Kier alpha value is -1.59. The molecule has 1 fully saturated rings. The molecule has 2 heterocycles. The van der Waals surface area contributed by atoms with Gasteiger partial charge < -0.3 is 4.90 Å². The molecular weight excluding hydrogens is 379 g/mol. The number of aromatic nitrogens is 2. The number of nitrogens with zero attached hydrogens (tertiary/aromatic N) is 4. The number of rotatable bonds is 2. The highest BCUT2D eigenvalue weighted by atomic mass is 35.5. The molecule has 0 amide bonds. The lowest BCUT2D eigenvalue weighted by atomic mass is 10.0. The maximum atomic E-state index is 6.50. The molecule has 128 valence electrons. The van der Waals surface area contributed by atoms with Crippen LogP contribution in [0, 0.1) is 0 Å². The van der Waals surface area contributed by atoms with Gasteiger partial charge in [0, 0.05) is 42.2 Å². The number of piperazine rings is 1. The van der Waals surface area contributed by atoms with Crippen LogP contribution in [-0.2, 0) is 0 Å². The molecule has 2 aromatic carbocycles. The van der Waals surface area contributed by atoms with E-state index in [4.69, 9.17) is 35.0 Å². The molecule has 0 atom stereocenters. The maximum absolute atomic E-state index is 6.50. The van der Waals surface area contributed by atoms with E-state index in [1.165, 1.54) is 0 Å². The van der Waals surface area contributed by atoms with Crippen LogP contribution >= 0.6 is 35.0 Å². The van der Waals surface area contributed by atoms with Gasteiger partial charge in [-0.1, -0.05) is 35.3 Å². The van der Waals surface area contributed by atoms with Crippen LogP contribution in [0.15, 0.2) is 42.7 Å². The summed E-state index contributed by atoms with van der Waals surface area (Å²) >= 11 is 18.6. The number of benzene rings is 2. The van der Waals surface area contributed by atoms with E-state index < -0.39 is 0 Å². The third-order valence-corrected chi connectivity index (χ3v) is 5.29. The molecule has 25 heavy (non-hydrogen) atoms. The Morgan fingerprint density at radius 3 is 2.32 bits per heavy atom. The summed E-state index contributed by atoms with van der Waals surface area (Å²) in [7, 11) is 0. The summed E-state index contributed by atoms with van der Waals surface area (Å²) in [6.45, 7) is 3.25. The molecular formula is C18H15Cl3N4. The normalized spacial score (nSPS) is 15.7. The van der Waals surface area contributed by atoms with E-state index in [1.54, 1.807) is 10.7 Å². The molecule has 4 nitrogen and oxygen atoms in total. The summed E-state index contributed by atoms with van der Waals surface area (Å²) in [5.74, 6) is 0.918. The Balaban J connectivity index is 1.82. The van der Waals surface area contributed by atoms with Crippen LogP contribution < -0.4 is 4.90 Å². The third kappa shape index (κ3) is 3.40. The summed E-state index contributed by atoms with van der Waals surface area (Å²) < 4.78 is 1.80. The molecule has 0 spiro atoms. The smallest absolute Gasteiger partial charge is 0.139 e. The van der Waals surface area contributed by atoms with Crippen LogP contribution in [0.2, 0.25) is 10.0 Å². The monoisotopic (exact) mass is 392 g/mol. The molecule has 0 unspecified atom stereocenters. The van der Waals surface area contributed by atoms with Crippen molar-refractivity contribution in [2.24, 2.45) is 0 Å². The Morgan fingerprint density at radius 1 is 0.880 bits per heavy atom. The summed E-state index contributed by atoms with van der Waals surface area (Å²) in [6, 6.07) is 11.6. The number of fused-ring (bicyclic) bond motifs is 1. The molecule has 1 aromatic heterocycles. The van der Waals surface area contributed by atoms with Gasteiger partial charge in [0.25, 0.3) is 0 Å². The molecule has 0 radical (unpaired) electrons. The summed E-state index contributed by atoms with van der Waals surface area (Å²) in [5, 5.41) is 2.34. The summed E-state index contributed by atoms with van der Waals surface area (Å²) in [5.41, 5.74) is 2.79. The second-order valence-electron chi connectivity index (χ2n) is 5.95. The largest absolute Gasteiger partial charge is 0.353 e. The van der Waals surface area contributed by atoms with E-state index in [9.17, 15) is 0 Å². The molecule has 0 saturated carbocycles. The Kier molecular flexibility index (Phi) is 4.69. The van der Waals surface area contributed by atoms with Crippen LogP contribution in [-0.4, -0.2) is 40.6 Å². The maximum Gasteiger partial charge on any atom is 0.139 e. The van der Waals surface area contributed by atoms with Gasteiger partial charge in [-0.15, -0.1) is 0 Å². The second-order valence-corrected chi connectivity index (χ2v) is 7.27. The SMILES string of the molecule is Clc1ccc(-c2cc3c(N4CCN(Cl)CC4)ncnc3cc2Cl)cc1. The molecule has 1 aliphatic rings. The number of halogens is 3. The topological polar surface area (TPSA) is 32.3 Å². The van der Waals surface area contributed by atoms with Crippen molar-refractivity contribution < 1.29 is 0 Å². The number of hydrogen-bond donors (Lipinski definition) is 0. The summed E-state index contributed by atoms with van der Waals surface area (Å²) in [4.78, 5) is 11.1. The zero-order valence-electron chi connectivity index (χ0n) is 13.3. The van der Waals surface area contributed by atoms with Crippen molar-refractivity contribution in [3.8, 4) is 11.1 Å². The van der Waals surface area contributed by atoms with Crippen molar-refractivity contribution in [2.75, 3.05) is 31.1 Å². The quantitative estimate of drug-likeness (QED) is 0.581. The van der Waals surface area contributed by atoms with Gasteiger partial charge in [-0.05, 0) is 41.6 Å². The average molecular weight is 394 g/mol. The van der Waals surface area contributed by atoms with Crippen molar-refractivity contribution in [2.45, 2.75) is 0 Å². The Bertz CT molecular complexity index is 906. The zero-order valence-corrected chi connectivity index (χ0v) is 15.6. The zero-order chi connectivity index (χ0) is 17.4. The van der Waals surface area contributed by atoms with Crippen molar-refractivity contribution in [3.63, 3.8) is 0 Å². The fraction of sp³-hybridized carbons (Fsp3) is 0.222. The van der Waals surface area contributed by atoms with E-state index in [-0.39, 0.29) is 0 Å². The van der Waals surface area contributed by atoms with Gasteiger partial charge in [0.1, 0.15) is 12.1 Å². The first-order chi connectivity index (χ1) is 12.1. The average Bonchev–Trinajstić information content (AvgIpc) is 2.62. The first-order valence-corrected chi connectivity index (χ1v) is 9.07. The highest BCUT2D eigenvalue weighted by molar-refractivity contribution is 6.34. The Morgan fingerprint density at radius 2 is 1.60 bits per heavy atom. The predicted octanol–water partition coefficient (Wildman–Crippen LogP) is 4.88. The van der Waals surface area contributed by atoms with Crippen LogP contribution in [0.1, 0.15) is 0 Å². The van der Waals surface area contributed by atoms with Crippen molar-refractivity contribution in [1.29, 1.82) is 0 Å². The van der Waals surface area contributed by atoms with Crippen molar-refractivity contribution in [1.82, 2.24) is 14.4 Å². The van der Waals surface area contributed by atoms with Crippen LogP contribution in [0.4, 0.5) is 5.82 Å². The van der Waals surface area contributed by atoms with E-state index >= 15 is 0 Å². The van der Waals surface area contributed by atoms with Crippen LogP contribution in [0.25, 0.3) is 22.0 Å². The lowest BCUT2D eigenvalue weighted by molar-refractivity contribution is 0.415. The molecule has 3 aromatic rings. The minimum absolute atomic E-state index is 0.657. The van der Waals surface area contributed by atoms with Gasteiger partial charge in [0.2, 0.25) is 0 Å². The minimum Gasteiger partial charge on any atom is -0.353 e. The molecule has 0 bridgehead atoms. The van der Waals surface area contributed by atoms with Crippen molar-refractivity contribution in [3.05, 3.63) is 52.8 Å². The third-order valence-electron chi connectivity index (χ3n) is 4.38. The highest BCUT2D eigenvalue weighted by Gasteiger charge is 2.19. The molecule has 4 rings (SSSR count). The van der Waals surface area contributed by atoms with E-state index in [0.29, 0.717) is 10.0 Å². The molecule has 1 aliphatic heterocycles. The molecule has 7 heteroatoms. The van der Waals surface area contributed by atoms with Gasteiger partial charge >= 0.3 is 0 Å². The first-order valence-electron chi connectivity index (χ1n) is 7.98. The van der Waals surface area contributed by atoms with Crippen molar-refractivity contribution >= 4 is 51.7 Å². The first kappa shape index (κ1) is 16.9. The van der Waals surface area contributed by atoms with Gasteiger partial charge in [0.05, 0.1) is 10.5 Å². The second kappa shape index (κ2) is 6.96. The lowest BCUT2D eigenvalue weighted by Crippen LogP contribution is -2.42. The van der Waals surface area contributed by atoms with Gasteiger partial charge in [-0.3, -0.25) is 0 Å². The van der Waals surface area contributed by atoms with Crippen LogP contribution in [0.3, 0.4) is 0 Å². The van der Waals surface area contributed by atoms with E-state index in [2.05, 4.69) is 20.9 Å². The van der Waals surface area contributed by atoms with Gasteiger partial charge in [-0.25, -0.2) is 14.4 Å². The van der Waals surface area contributed by atoms with E-state index in [0.717, 1.165) is 54.0 Å². The fourth-order valence-corrected chi connectivity index (χ4v) is 3.60. The standard InChI is InChI=1S/C18H15Cl3N4/c19-13-3-1-12(2-4-13)14-9-15-17(10-16(14)20)22-11-23-18(15)24-5-7-25(21)8-6-24/h1-4,9-11H,5-8H2. The minimum atomic E-state index is 0.657. The molecule has 0 N–H and O–H groups in total. The number of anilines is 1. The predicted molar refractivity (Wildman–Crippen MR) is 105 cm³/mol. The summed E-state index contributed by atoms with van der Waals surface area (Å²) in [6.07, 6.45) is 1.59. The van der Waals surface area contributed by atoms with Gasteiger partial charge in [0.15, 0.2) is 0 Å². The number of hydrogen-bond acceptors (Lipinski definition) is 4. The fourth-order valence-electron chi connectivity index (χ4n) is 3.06. The highest BCUT2D eigenvalue weighted by Crippen LogP contribution is 2.35. The lowest BCUT2D eigenvalue weighted by Gasteiger charge is -2.32. The van der Waals surface area contributed by atoms with Gasteiger partial charge in [-0.2, -0.15) is 0 Å². The van der Waals surface area contributed by atoms with Crippen LogP contribution in [0.5, 0.6) is 0 Å².